The van der Waals surface area contributed by atoms with E-state index < -0.39 is 0 Å². The number of benzene rings is 1. The first kappa shape index (κ1) is 14.2. The summed E-state index contributed by atoms with van der Waals surface area (Å²) >= 11 is 3.18. The van der Waals surface area contributed by atoms with Crippen molar-refractivity contribution in [1.82, 2.24) is 14.9 Å². The predicted molar refractivity (Wildman–Crippen MR) is 77.4 cm³/mol. The summed E-state index contributed by atoms with van der Waals surface area (Å²) in [7, 11) is 1.94. The Morgan fingerprint density at radius 2 is 2.26 bits per heavy atom. The molecule has 1 N–H and O–H groups in total. The van der Waals surface area contributed by atoms with Crippen LogP contribution in [-0.4, -0.2) is 16.1 Å². The van der Waals surface area contributed by atoms with Crippen molar-refractivity contribution in [2.75, 3.05) is 6.54 Å². The minimum absolute atomic E-state index is 0.0949. The van der Waals surface area contributed by atoms with Crippen molar-refractivity contribution in [3.05, 3.63) is 52.3 Å². The molecule has 0 aliphatic heterocycles. The summed E-state index contributed by atoms with van der Waals surface area (Å²) in [6.07, 6.45) is 4.66. The maximum absolute atomic E-state index is 13.7. The van der Waals surface area contributed by atoms with E-state index in [1.54, 1.807) is 18.3 Å². The normalized spacial score (nSPS) is 12.6. The van der Waals surface area contributed by atoms with E-state index in [9.17, 15) is 4.39 Å². The molecule has 1 atom stereocenters. The lowest BCUT2D eigenvalue weighted by Crippen LogP contribution is -2.25. The Morgan fingerprint density at radius 3 is 2.84 bits per heavy atom. The Labute approximate surface area is 121 Å². The lowest BCUT2D eigenvalue weighted by Gasteiger charge is -2.19. The topological polar surface area (TPSA) is 29.9 Å². The van der Waals surface area contributed by atoms with Gasteiger partial charge in [-0.2, -0.15) is 0 Å². The number of rotatable bonds is 5. The molecule has 0 saturated carbocycles. The summed E-state index contributed by atoms with van der Waals surface area (Å²) in [5.41, 5.74) is 0.878. The molecule has 1 unspecified atom stereocenters. The second-order valence-corrected chi connectivity index (χ2v) is 5.31. The molecule has 0 spiro atoms. The number of nitrogens with one attached hydrogen (secondary N) is 1. The third kappa shape index (κ3) is 3.22. The second-order valence-electron chi connectivity index (χ2n) is 4.46. The minimum atomic E-state index is -0.255. The van der Waals surface area contributed by atoms with Crippen LogP contribution >= 0.6 is 15.9 Å². The highest BCUT2D eigenvalue weighted by Gasteiger charge is 2.18. The number of aryl methyl sites for hydroxylation is 1. The number of aromatic nitrogens is 2. The Bertz CT molecular complexity index is 553. The van der Waals surface area contributed by atoms with Crippen LogP contribution in [0.25, 0.3) is 0 Å². The highest BCUT2D eigenvalue weighted by molar-refractivity contribution is 9.10. The van der Waals surface area contributed by atoms with Crippen LogP contribution in [0.4, 0.5) is 4.39 Å². The maximum atomic E-state index is 13.7. The van der Waals surface area contributed by atoms with Crippen molar-refractivity contribution in [2.24, 2.45) is 7.05 Å². The van der Waals surface area contributed by atoms with Gasteiger partial charge in [0.25, 0.3) is 0 Å². The molecule has 1 heterocycles. The maximum Gasteiger partial charge on any atom is 0.137 e. The first-order valence-corrected chi connectivity index (χ1v) is 7.08. The van der Waals surface area contributed by atoms with Crippen molar-refractivity contribution in [3.63, 3.8) is 0 Å². The van der Waals surface area contributed by atoms with Gasteiger partial charge in [-0.1, -0.05) is 13.0 Å². The zero-order chi connectivity index (χ0) is 13.8. The summed E-state index contributed by atoms with van der Waals surface area (Å²) in [6, 6.07) is 5.10. The van der Waals surface area contributed by atoms with Gasteiger partial charge in [-0.25, -0.2) is 9.37 Å². The fraction of sp³-hybridized carbons (Fsp3) is 0.357. The van der Waals surface area contributed by atoms with Gasteiger partial charge in [0, 0.05) is 19.4 Å². The highest BCUT2D eigenvalue weighted by Crippen LogP contribution is 2.24. The van der Waals surface area contributed by atoms with Gasteiger partial charge < -0.3 is 9.88 Å². The molecule has 0 radical (unpaired) electrons. The molecular weight excluding hydrogens is 309 g/mol. The van der Waals surface area contributed by atoms with Crippen molar-refractivity contribution in [3.8, 4) is 0 Å². The van der Waals surface area contributed by atoms with E-state index in [4.69, 9.17) is 0 Å². The number of hydrogen-bond donors (Lipinski definition) is 1. The fourth-order valence-corrected chi connectivity index (χ4v) is 2.24. The molecule has 0 aliphatic rings. The fourth-order valence-electron chi connectivity index (χ4n) is 1.99. The van der Waals surface area contributed by atoms with Crippen LogP contribution in [0.3, 0.4) is 0 Å². The quantitative estimate of drug-likeness (QED) is 0.912. The van der Waals surface area contributed by atoms with Crippen LogP contribution in [0, 0.1) is 5.82 Å². The van der Waals surface area contributed by atoms with Crippen LogP contribution in [-0.2, 0) is 7.05 Å². The van der Waals surface area contributed by atoms with E-state index in [1.807, 2.05) is 23.9 Å². The summed E-state index contributed by atoms with van der Waals surface area (Å²) < 4.78 is 16.1. The second kappa shape index (κ2) is 6.30. The van der Waals surface area contributed by atoms with E-state index in [1.165, 1.54) is 0 Å². The van der Waals surface area contributed by atoms with Gasteiger partial charge >= 0.3 is 0 Å². The van der Waals surface area contributed by atoms with E-state index >= 15 is 0 Å². The van der Waals surface area contributed by atoms with Gasteiger partial charge in [0.15, 0.2) is 0 Å². The van der Waals surface area contributed by atoms with Crippen LogP contribution < -0.4 is 5.32 Å². The van der Waals surface area contributed by atoms with E-state index in [0.29, 0.717) is 4.47 Å². The third-order valence-corrected chi connectivity index (χ3v) is 3.64. The Kier molecular flexibility index (Phi) is 4.71. The van der Waals surface area contributed by atoms with Gasteiger partial charge in [0.05, 0.1) is 10.5 Å². The summed E-state index contributed by atoms with van der Waals surface area (Å²) in [6.45, 7) is 2.96. The number of nitrogens with zero attached hydrogens (tertiary/aromatic N) is 2. The average Bonchev–Trinajstić information content (AvgIpc) is 2.80. The van der Waals surface area contributed by atoms with Crippen molar-refractivity contribution < 1.29 is 4.39 Å². The average molecular weight is 326 g/mol. The Hall–Kier alpha value is -1.20. The molecule has 2 rings (SSSR count). The monoisotopic (exact) mass is 325 g/mol. The van der Waals surface area contributed by atoms with Gasteiger partial charge in [-0.3, -0.25) is 0 Å². The molecule has 0 fully saturated rings. The molecule has 2 aromatic rings. The molecule has 1 aromatic heterocycles. The van der Waals surface area contributed by atoms with Crippen molar-refractivity contribution >= 4 is 15.9 Å². The molecule has 1 aromatic carbocycles. The molecule has 0 amide bonds. The van der Waals surface area contributed by atoms with Gasteiger partial charge in [-0.05, 0) is 46.6 Å². The van der Waals surface area contributed by atoms with Crippen molar-refractivity contribution in [1.29, 1.82) is 0 Å². The Morgan fingerprint density at radius 1 is 1.47 bits per heavy atom. The molecule has 0 aliphatic carbocycles. The number of imidazole rings is 1. The molecular formula is C14H17BrFN3. The third-order valence-electron chi connectivity index (χ3n) is 2.99. The molecule has 19 heavy (non-hydrogen) atoms. The minimum Gasteiger partial charge on any atom is -0.336 e. The molecule has 3 nitrogen and oxygen atoms in total. The predicted octanol–water partition coefficient (Wildman–Crippen LogP) is 3.41. The van der Waals surface area contributed by atoms with Crippen LogP contribution in [0.2, 0.25) is 0 Å². The van der Waals surface area contributed by atoms with E-state index in [0.717, 1.165) is 24.4 Å². The summed E-state index contributed by atoms with van der Waals surface area (Å²) in [5, 5.41) is 3.41. The summed E-state index contributed by atoms with van der Waals surface area (Å²) in [4.78, 5) is 4.36. The first-order chi connectivity index (χ1) is 9.13. The van der Waals surface area contributed by atoms with Gasteiger partial charge in [0.1, 0.15) is 11.6 Å². The largest absolute Gasteiger partial charge is 0.336 e. The molecule has 0 saturated heterocycles. The number of hydrogen-bond acceptors (Lipinski definition) is 2. The lowest BCUT2D eigenvalue weighted by atomic mass is 10.1. The smallest absolute Gasteiger partial charge is 0.137 e. The van der Waals surface area contributed by atoms with E-state index in [-0.39, 0.29) is 11.9 Å². The van der Waals surface area contributed by atoms with Crippen molar-refractivity contribution in [2.45, 2.75) is 19.4 Å². The molecule has 0 bridgehead atoms. The van der Waals surface area contributed by atoms with Crippen LogP contribution in [0.1, 0.15) is 30.8 Å². The zero-order valence-corrected chi connectivity index (χ0v) is 12.6. The number of halogens is 2. The Balaban J connectivity index is 2.37. The SMILES string of the molecule is CCCNC(c1ccc(Br)c(F)c1)c1nccn1C. The molecule has 5 heteroatoms. The van der Waals surface area contributed by atoms with Crippen LogP contribution in [0.15, 0.2) is 35.1 Å². The molecule has 102 valence electrons. The van der Waals surface area contributed by atoms with Gasteiger partial charge in [0.2, 0.25) is 0 Å². The summed E-state index contributed by atoms with van der Waals surface area (Å²) in [5.74, 6) is 0.630. The zero-order valence-electron chi connectivity index (χ0n) is 11.0. The first-order valence-electron chi connectivity index (χ1n) is 6.29. The van der Waals surface area contributed by atoms with E-state index in [2.05, 4.69) is 33.2 Å². The van der Waals surface area contributed by atoms with Crippen LogP contribution in [0.5, 0.6) is 0 Å². The standard InChI is InChI=1S/C14H17BrFN3/c1-3-6-17-13(14-18-7-8-19(14)2)10-4-5-11(15)12(16)9-10/h4-5,7-9,13,17H,3,6H2,1-2H3. The highest BCUT2D eigenvalue weighted by atomic mass is 79.9. The van der Waals surface area contributed by atoms with Gasteiger partial charge in [-0.15, -0.1) is 0 Å². The lowest BCUT2D eigenvalue weighted by molar-refractivity contribution is 0.548.